The number of hydrogen-bond donors (Lipinski definition) is 2. The first-order valence-corrected chi connectivity index (χ1v) is 7.51. The van der Waals surface area contributed by atoms with Crippen LogP contribution in [-0.4, -0.2) is 56.9 Å². The van der Waals surface area contributed by atoms with Crippen molar-refractivity contribution in [1.82, 2.24) is 25.2 Å². The van der Waals surface area contributed by atoms with E-state index in [9.17, 15) is 4.79 Å². The van der Waals surface area contributed by atoms with Crippen LogP contribution in [0.1, 0.15) is 30.4 Å². The number of amides is 1. The van der Waals surface area contributed by atoms with Gasteiger partial charge in [0.15, 0.2) is 11.6 Å². The van der Waals surface area contributed by atoms with Gasteiger partial charge in [-0.2, -0.15) is 5.10 Å². The molecular formula is C14H20N6O3. The van der Waals surface area contributed by atoms with Crippen LogP contribution in [-0.2, 0) is 9.53 Å². The fourth-order valence-corrected chi connectivity index (χ4v) is 2.50. The lowest BCUT2D eigenvalue weighted by molar-refractivity contribution is -0.124. The molecule has 1 aliphatic rings. The van der Waals surface area contributed by atoms with Gasteiger partial charge in [0, 0.05) is 19.2 Å². The number of H-pyrrole nitrogens is 1. The van der Waals surface area contributed by atoms with Crippen LogP contribution in [0.4, 0.5) is 5.82 Å². The van der Waals surface area contributed by atoms with Gasteiger partial charge in [-0.25, -0.2) is 4.98 Å². The van der Waals surface area contributed by atoms with Crippen LogP contribution < -0.4 is 5.32 Å². The lowest BCUT2D eigenvalue weighted by Gasteiger charge is -2.34. The summed E-state index contributed by atoms with van der Waals surface area (Å²) in [6, 6.07) is 1.36. The Bertz CT molecular complexity index is 682. The van der Waals surface area contributed by atoms with Crippen molar-refractivity contribution in [3.05, 3.63) is 23.5 Å². The van der Waals surface area contributed by atoms with Gasteiger partial charge in [0.2, 0.25) is 5.91 Å². The number of rotatable bonds is 4. The first kappa shape index (κ1) is 15.6. The van der Waals surface area contributed by atoms with E-state index in [4.69, 9.17) is 9.26 Å². The van der Waals surface area contributed by atoms with Crippen molar-refractivity contribution in [3.63, 3.8) is 0 Å². The second-order valence-corrected chi connectivity index (χ2v) is 5.62. The number of nitrogens with zero attached hydrogens (tertiary/aromatic N) is 4. The van der Waals surface area contributed by atoms with Gasteiger partial charge < -0.3 is 14.6 Å². The molecule has 1 fully saturated rings. The minimum atomic E-state index is -0.321. The van der Waals surface area contributed by atoms with Crippen LogP contribution in [0.5, 0.6) is 0 Å². The first-order valence-electron chi connectivity index (χ1n) is 7.51. The van der Waals surface area contributed by atoms with Gasteiger partial charge >= 0.3 is 0 Å². The van der Waals surface area contributed by atoms with Gasteiger partial charge in [0.25, 0.3) is 0 Å². The van der Waals surface area contributed by atoms with E-state index < -0.39 is 0 Å². The number of nitrogens with one attached hydrogen (secondary N) is 2. The quantitative estimate of drug-likeness (QED) is 0.858. The summed E-state index contributed by atoms with van der Waals surface area (Å²) in [4.78, 5) is 18.7. The van der Waals surface area contributed by atoms with Gasteiger partial charge in [0.05, 0.1) is 12.6 Å². The molecule has 23 heavy (non-hydrogen) atoms. The number of hydrogen-bond acceptors (Lipinski definition) is 7. The Morgan fingerprint density at radius 3 is 3.00 bits per heavy atom. The number of ether oxygens (including phenoxy) is 1. The molecule has 2 aromatic rings. The Morgan fingerprint density at radius 2 is 2.35 bits per heavy atom. The average molecular weight is 320 g/mol. The Balaban J connectivity index is 1.62. The number of morpholine rings is 1. The number of carbonyl (C=O) groups is 1. The SMILES string of the molecule is Cc1nc([C@@H]2CN([C@H](C)C(=O)Nc3cc(C)on3)CCO2)n[nH]1. The third kappa shape index (κ3) is 3.57. The molecule has 9 nitrogen and oxygen atoms in total. The minimum Gasteiger partial charge on any atom is -0.367 e. The molecule has 1 aliphatic heterocycles. The number of aromatic nitrogens is 4. The molecule has 0 unspecified atom stereocenters. The Morgan fingerprint density at radius 1 is 1.52 bits per heavy atom. The van der Waals surface area contributed by atoms with E-state index in [-0.39, 0.29) is 18.1 Å². The lowest BCUT2D eigenvalue weighted by Crippen LogP contribution is -2.48. The predicted octanol–water partition coefficient (Wildman–Crippen LogP) is 0.810. The summed E-state index contributed by atoms with van der Waals surface area (Å²) in [6.45, 7) is 7.23. The fourth-order valence-electron chi connectivity index (χ4n) is 2.50. The van der Waals surface area contributed by atoms with E-state index in [0.717, 1.165) is 5.82 Å². The summed E-state index contributed by atoms with van der Waals surface area (Å²) in [6.07, 6.45) is -0.238. The topological polar surface area (TPSA) is 109 Å². The summed E-state index contributed by atoms with van der Waals surface area (Å²) >= 11 is 0. The number of aromatic amines is 1. The van der Waals surface area contributed by atoms with Crippen LogP contribution in [0.25, 0.3) is 0 Å². The molecule has 3 heterocycles. The summed E-state index contributed by atoms with van der Waals surface area (Å²) < 4.78 is 10.7. The van der Waals surface area contributed by atoms with Crippen LogP contribution in [0.2, 0.25) is 0 Å². The molecule has 2 aromatic heterocycles. The molecule has 1 amide bonds. The zero-order valence-corrected chi connectivity index (χ0v) is 13.4. The van der Waals surface area contributed by atoms with Crippen molar-refractivity contribution in [3.8, 4) is 0 Å². The van der Waals surface area contributed by atoms with Gasteiger partial charge in [-0.3, -0.25) is 14.8 Å². The Kier molecular flexibility index (Phi) is 4.39. The average Bonchev–Trinajstić information content (AvgIpc) is 3.15. The van der Waals surface area contributed by atoms with Crippen molar-refractivity contribution in [2.24, 2.45) is 0 Å². The highest BCUT2D eigenvalue weighted by atomic mass is 16.5. The molecule has 0 aromatic carbocycles. The second kappa shape index (κ2) is 6.47. The summed E-state index contributed by atoms with van der Waals surface area (Å²) in [5.74, 6) is 2.30. The van der Waals surface area contributed by atoms with Crippen molar-refractivity contribution in [2.75, 3.05) is 25.0 Å². The molecule has 2 atom stereocenters. The Labute approximate surface area is 133 Å². The minimum absolute atomic E-state index is 0.134. The van der Waals surface area contributed by atoms with E-state index in [2.05, 4.69) is 25.7 Å². The Hall–Kier alpha value is -2.26. The predicted molar refractivity (Wildman–Crippen MR) is 80.7 cm³/mol. The summed E-state index contributed by atoms with van der Waals surface area (Å²) in [7, 11) is 0. The van der Waals surface area contributed by atoms with Crippen molar-refractivity contribution >= 4 is 11.7 Å². The third-order valence-corrected chi connectivity index (χ3v) is 3.81. The standard InChI is InChI=1S/C14H20N6O3/c1-8-6-12(19-23-8)16-14(21)9(2)20-4-5-22-11(7-20)13-15-10(3)17-18-13/h6,9,11H,4-5,7H2,1-3H3,(H,15,17,18)(H,16,19,21)/t9-,11+/m1/s1. The zero-order valence-electron chi connectivity index (χ0n) is 13.4. The first-order chi connectivity index (χ1) is 11.0. The van der Waals surface area contributed by atoms with Gasteiger partial charge in [-0.05, 0) is 20.8 Å². The molecule has 3 rings (SSSR count). The normalized spacial score (nSPS) is 20.4. The molecule has 0 saturated carbocycles. The van der Waals surface area contributed by atoms with E-state index in [0.29, 0.717) is 37.1 Å². The maximum absolute atomic E-state index is 12.4. The third-order valence-electron chi connectivity index (χ3n) is 3.81. The van der Waals surface area contributed by atoms with E-state index in [1.54, 1.807) is 13.0 Å². The molecule has 9 heteroatoms. The molecule has 2 N–H and O–H groups in total. The highest BCUT2D eigenvalue weighted by molar-refractivity contribution is 5.93. The fraction of sp³-hybridized carbons (Fsp3) is 0.571. The van der Waals surface area contributed by atoms with Crippen LogP contribution in [0, 0.1) is 13.8 Å². The largest absolute Gasteiger partial charge is 0.367 e. The molecule has 124 valence electrons. The molecule has 0 spiro atoms. The van der Waals surface area contributed by atoms with Crippen molar-refractivity contribution < 1.29 is 14.1 Å². The highest BCUT2D eigenvalue weighted by Crippen LogP contribution is 2.21. The maximum Gasteiger partial charge on any atom is 0.242 e. The second-order valence-electron chi connectivity index (χ2n) is 5.62. The zero-order chi connectivity index (χ0) is 16.4. The van der Waals surface area contributed by atoms with E-state index in [1.807, 2.05) is 18.7 Å². The van der Waals surface area contributed by atoms with Crippen LogP contribution in [0.3, 0.4) is 0 Å². The van der Waals surface area contributed by atoms with Crippen LogP contribution >= 0.6 is 0 Å². The van der Waals surface area contributed by atoms with Crippen molar-refractivity contribution in [1.29, 1.82) is 0 Å². The van der Waals surface area contributed by atoms with Gasteiger partial charge in [0.1, 0.15) is 17.7 Å². The van der Waals surface area contributed by atoms with E-state index >= 15 is 0 Å². The summed E-state index contributed by atoms with van der Waals surface area (Å²) in [5, 5.41) is 13.5. The maximum atomic E-state index is 12.4. The lowest BCUT2D eigenvalue weighted by atomic mass is 10.2. The number of aryl methyl sites for hydroxylation is 2. The van der Waals surface area contributed by atoms with Gasteiger partial charge in [-0.15, -0.1) is 0 Å². The molecule has 0 aliphatic carbocycles. The molecular weight excluding hydrogens is 300 g/mol. The van der Waals surface area contributed by atoms with E-state index in [1.165, 1.54) is 0 Å². The summed E-state index contributed by atoms with van der Waals surface area (Å²) in [5.41, 5.74) is 0. The molecule has 0 bridgehead atoms. The van der Waals surface area contributed by atoms with Crippen LogP contribution in [0.15, 0.2) is 10.6 Å². The monoisotopic (exact) mass is 320 g/mol. The smallest absolute Gasteiger partial charge is 0.242 e. The van der Waals surface area contributed by atoms with Gasteiger partial charge in [-0.1, -0.05) is 5.16 Å². The molecule has 0 radical (unpaired) electrons. The van der Waals surface area contributed by atoms with Crippen molar-refractivity contribution in [2.45, 2.75) is 32.9 Å². The number of anilines is 1. The number of carbonyl (C=O) groups excluding carboxylic acids is 1. The molecule has 1 saturated heterocycles. The highest BCUT2D eigenvalue weighted by Gasteiger charge is 2.30.